The molecule has 1 amide bonds. The first kappa shape index (κ1) is 19.8. The Labute approximate surface area is 154 Å². The molecule has 0 heterocycles. The van der Waals surface area contributed by atoms with E-state index in [2.05, 4.69) is 5.32 Å². The third-order valence-corrected chi connectivity index (χ3v) is 5.13. The second-order valence-electron chi connectivity index (χ2n) is 6.14. The van der Waals surface area contributed by atoms with Gasteiger partial charge in [-0.1, -0.05) is 35.9 Å². The number of nitrogens with zero attached hydrogens (tertiary/aromatic N) is 1. The zero-order chi connectivity index (χ0) is 19.3. The molecule has 1 atom stereocenters. The van der Waals surface area contributed by atoms with Crippen molar-refractivity contribution in [2.75, 3.05) is 24.2 Å². The van der Waals surface area contributed by atoms with E-state index in [9.17, 15) is 13.2 Å². The molecule has 2 aromatic rings. The van der Waals surface area contributed by atoms with Crippen molar-refractivity contribution in [1.29, 1.82) is 0 Å². The van der Waals surface area contributed by atoms with Crippen LogP contribution in [0.3, 0.4) is 0 Å². The van der Waals surface area contributed by atoms with Gasteiger partial charge in [0.25, 0.3) is 0 Å². The van der Waals surface area contributed by atoms with Crippen molar-refractivity contribution in [1.82, 2.24) is 5.32 Å². The van der Waals surface area contributed by atoms with Crippen molar-refractivity contribution in [3.05, 3.63) is 59.7 Å². The second kappa shape index (κ2) is 8.23. The number of rotatable bonds is 7. The standard InChI is InChI=1S/C19H24N2O4S/c1-14-9-11-16(12-10-14)21(26(4,23)24)13-19(22)20-15(2)17-7-5-6-8-18(17)25-3/h5-12,15H,13H2,1-4H3,(H,20,22)/t15-/m1/s1. The molecule has 0 fully saturated rings. The number of nitrogens with one attached hydrogen (secondary N) is 1. The number of hydrogen-bond acceptors (Lipinski definition) is 4. The van der Waals surface area contributed by atoms with Crippen molar-refractivity contribution in [3.8, 4) is 5.75 Å². The predicted molar refractivity (Wildman–Crippen MR) is 103 cm³/mol. The molecule has 26 heavy (non-hydrogen) atoms. The quantitative estimate of drug-likeness (QED) is 0.806. The van der Waals surface area contributed by atoms with Crippen LogP contribution >= 0.6 is 0 Å². The van der Waals surface area contributed by atoms with Gasteiger partial charge >= 0.3 is 0 Å². The Morgan fingerprint density at radius 1 is 1.15 bits per heavy atom. The van der Waals surface area contributed by atoms with Gasteiger partial charge in [-0.2, -0.15) is 0 Å². The molecule has 0 radical (unpaired) electrons. The summed E-state index contributed by atoms with van der Waals surface area (Å²) in [6.07, 6.45) is 1.09. The molecule has 0 saturated carbocycles. The Hall–Kier alpha value is -2.54. The van der Waals surface area contributed by atoms with E-state index in [1.807, 2.05) is 50.2 Å². The number of ether oxygens (including phenoxy) is 1. The van der Waals surface area contributed by atoms with Crippen LogP contribution in [0.1, 0.15) is 24.1 Å². The highest BCUT2D eigenvalue weighted by Crippen LogP contribution is 2.24. The van der Waals surface area contributed by atoms with Crippen LogP contribution in [0.2, 0.25) is 0 Å². The van der Waals surface area contributed by atoms with Gasteiger partial charge in [0, 0.05) is 5.56 Å². The summed E-state index contributed by atoms with van der Waals surface area (Å²) >= 11 is 0. The molecule has 0 aromatic heterocycles. The highest BCUT2D eigenvalue weighted by molar-refractivity contribution is 7.92. The van der Waals surface area contributed by atoms with Gasteiger partial charge in [-0.25, -0.2) is 8.42 Å². The molecule has 0 aliphatic carbocycles. The minimum absolute atomic E-state index is 0.290. The van der Waals surface area contributed by atoms with Gasteiger partial charge in [0.05, 0.1) is 25.1 Å². The average molecular weight is 376 g/mol. The summed E-state index contributed by atoms with van der Waals surface area (Å²) in [7, 11) is -2.03. The van der Waals surface area contributed by atoms with Gasteiger partial charge in [0.1, 0.15) is 12.3 Å². The lowest BCUT2D eigenvalue weighted by Crippen LogP contribution is -2.41. The number of amides is 1. The fraction of sp³-hybridized carbons (Fsp3) is 0.316. The lowest BCUT2D eigenvalue weighted by atomic mass is 10.1. The van der Waals surface area contributed by atoms with E-state index in [0.717, 1.165) is 21.7 Å². The first-order valence-electron chi connectivity index (χ1n) is 8.19. The van der Waals surface area contributed by atoms with E-state index in [0.29, 0.717) is 11.4 Å². The van der Waals surface area contributed by atoms with Gasteiger partial charge in [-0.3, -0.25) is 9.10 Å². The summed E-state index contributed by atoms with van der Waals surface area (Å²) in [5.41, 5.74) is 2.29. The van der Waals surface area contributed by atoms with E-state index < -0.39 is 15.9 Å². The normalized spacial score (nSPS) is 12.3. The van der Waals surface area contributed by atoms with Crippen LogP contribution in [0.4, 0.5) is 5.69 Å². The molecule has 140 valence electrons. The summed E-state index contributed by atoms with van der Waals surface area (Å²) in [5.74, 6) is 0.271. The van der Waals surface area contributed by atoms with Crippen LogP contribution in [0, 0.1) is 6.92 Å². The lowest BCUT2D eigenvalue weighted by molar-refractivity contribution is -0.120. The molecule has 0 aliphatic heterocycles. The van der Waals surface area contributed by atoms with Crippen molar-refractivity contribution in [3.63, 3.8) is 0 Å². The van der Waals surface area contributed by atoms with Crippen molar-refractivity contribution >= 4 is 21.6 Å². The SMILES string of the molecule is COc1ccccc1[C@@H](C)NC(=O)CN(c1ccc(C)cc1)S(C)(=O)=O. The third kappa shape index (κ3) is 4.98. The van der Waals surface area contributed by atoms with E-state index in [1.54, 1.807) is 19.2 Å². The topological polar surface area (TPSA) is 75.7 Å². The molecular weight excluding hydrogens is 352 g/mol. The van der Waals surface area contributed by atoms with Gasteiger partial charge in [-0.15, -0.1) is 0 Å². The first-order valence-corrected chi connectivity index (χ1v) is 10.0. The number of methoxy groups -OCH3 is 1. The van der Waals surface area contributed by atoms with Crippen molar-refractivity contribution < 1.29 is 17.9 Å². The number of carbonyl (C=O) groups excluding carboxylic acids is 1. The molecule has 0 spiro atoms. The van der Waals surface area contributed by atoms with Crippen molar-refractivity contribution in [2.45, 2.75) is 19.9 Å². The van der Waals surface area contributed by atoms with Gasteiger partial charge in [0.15, 0.2) is 0 Å². The fourth-order valence-electron chi connectivity index (χ4n) is 2.63. The fourth-order valence-corrected chi connectivity index (χ4v) is 3.49. The summed E-state index contributed by atoms with van der Waals surface area (Å²) in [6, 6.07) is 14.0. The van der Waals surface area contributed by atoms with Crippen LogP contribution < -0.4 is 14.4 Å². The summed E-state index contributed by atoms with van der Waals surface area (Å²) < 4.78 is 30.7. The summed E-state index contributed by atoms with van der Waals surface area (Å²) in [6.45, 7) is 3.45. The average Bonchev–Trinajstić information content (AvgIpc) is 2.59. The lowest BCUT2D eigenvalue weighted by Gasteiger charge is -2.24. The van der Waals surface area contributed by atoms with Gasteiger partial charge < -0.3 is 10.1 Å². The number of benzene rings is 2. The number of para-hydroxylation sites is 1. The molecular formula is C19H24N2O4S. The number of hydrogen-bond donors (Lipinski definition) is 1. The second-order valence-corrected chi connectivity index (χ2v) is 8.04. The highest BCUT2D eigenvalue weighted by Gasteiger charge is 2.22. The van der Waals surface area contributed by atoms with E-state index in [1.165, 1.54) is 0 Å². The maximum absolute atomic E-state index is 12.5. The maximum atomic E-state index is 12.5. The largest absolute Gasteiger partial charge is 0.496 e. The van der Waals surface area contributed by atoms with E-state index in [4.69, 9.17) is 4.74 Å². The molecule has 0 unspecified atom stereocenters. The molecule has 0 saturated heterocycles. The Bertz CT molecular complexity index is 863. The van der Waals surface area contributed by atoms with E-state index in [-0.39, 0.29) is 12.6 Å². The molecule has 2 rings (SSSR count). The van der Waals surface area contributed by atoms with Crippen LogP contribution in [-0.2, 0) is 14.8 Å². The third-order valence-electron chi connectivity index (χ3n) is 3.99. The molecule has 7 heteroatoms. The molecule has 6 nitrogen and oxygen atoms in total. The summed E-state index contributed by atoms with van der Waals surface area (Å²) in [5, 5.41) is 2.83. The minimum atomic E-state index is -3.59. The zero-order valence-electron chi connectivity index (χ0n) is 15.4. The first-order chi connectivity index (χ1) is 12.2. The van der Waals surface area contributed by atoms with Crippen LogP contribution in [0.15, 0.2) is 48.5 Å². The maximum Gasteiger partial charge on any atom is 0.241 e. The summed E-state index contributed by atoms with van der Waals surface area (Å²) in [4.78, 5) is 12.5. The Balaban J connectivity index is 2.16. The molecule has 0 bridgehead atoms. The van der Waals surface area contributed by atoms with Gasteiger partial charge in [-0.05, 0) is 32.0 Å². The Morgan fingerprint density at radius 3 is 2.35 bits per heavy atom. The van der Waals surface area contributed by atoms with Crippen molar-refractivity contribution in [2.24, 2.45) is 0 Å². The predicted octanol–water partition coefficient (Wildman–Crippen LogP) is 2.65. The molecule has 1 N–H and O–H groups in total. The Kier molecular flexibility index (Phi) is 6.26. The van der Waals surface area contributed by atoms with Crippen LogP contribution in [-0.4, -0.2) is 34.2 Å². The molecule has 2 aromatic carbocycles. The smallest absolute Gasteiger partial charge is 0.241 e. The van der Waals surface area contributed by atoms with Gasteiger partial charge in [0.2, 0.25) is 15.9 Å². The number of aryl methyl sites for hydroxylation is 1. The van der Waals surface area contributed by atoms with Crippen LogP contribution in [0.5, 0.6) is 5.75 Å². The number of carbonyl (C=O) groups is 1. The molecule has 0 aliphatic rings. The number of anilines is 1. The minimum Gasteiger partial charge on any atom is -0.496 e. The van der Waals surface area contributed by atoms with E-state index >= 15 is 0 Å². The number of sulfonamides is 1. The Morgan fingerprint density at radius 2 is 1.77 bits per heavy atom. The highest BCUT2D eigenvalue weighted by atomic mass is 32.2. The monoisotopic (exact) mass is 376 g/mol. The zero-order valence-corrected chi connectivity index (χ0v) is 16.2. The van der Waals surface area contributed by atoms with Crippen LogP contribution in [0.25, 0.3) is 0 Å².